The van der Waals surface area contributed by atoms with E-state index in [1.807, 2.05) is 13.8 Å². The van der Waals surface area contributed by atoms with Crippen LogP contribution in [0.25, 0.3) is 0 Å². The lowest BCUT2D eigenvalue weighted by Crippen LogP contribution is -2.40. The fourth-order valence-corrected chi connectivity index (χ4v) is 4.69. The molecular weight excluding hydrogens is 366 g/mol. The Hall–Kier alpha value is -2.35. The number of aliphatic hydroxyl groups is 1. The number of amidine groups is 1. The van der Waals surface area contributed by atoms with Gasteiger partial charge in [-0.05, 0) is 24.5 Å². The van der Waals surface area contributed by atoms with Crippen molar-refractivity contribution in [2.75, 3.05) is 11.9 Å². The number of rotatable bonds is 6. The molecule has 146 valence electrons. The van der Waals surface area contributed by atoms with E-state index in [1.165, 1.54) is 6.07 Å². The molecule has 3 rings (SSSR count). The summed E-state index contributed by atoms with van der Waals surface area (Å²) < 4.78 is 28.8. The first-order valence-electron chi connectivity index (χ1n) is 9.23. The zero-order valence-electron chi connectivity index (χ0n) is 15.8. The van der Waals surface area contributed by atoms with Crippen LogP contribution in [0.3, 0.4) is 0 Å². The fraction of sp³-hybridized carbons (Fsp3) is 0.474. The van der Waals surface area contributed by atoms with E-state index in [2.05, 4.69) is 16.6 Å². The number of amides is 1. The van der Waals surface area contributed by atoms with Gasteiger partial charge in [-0.15, -0.1) is 4.40 Å². The summed E-state index contributed by atoms with van der Waals surface area (Å²) in [7, 11) is -3.94. The van der Waals surface area contributed by atoms with Crippen LogP contribution in [0.4, 0.5) is 5.69 Å². The minimum atomic E-state index is -3.94. The highest BCUT2D eigenvalue weighted by Gasteiger charge is 2.44. The molecule has 27 heavy (non-hydrogen) atoms. The van der Waals surface area contributed by atoms with Crippen LogP contribution in [0.5, 0.6) is 0 Å². The normalized spacial score (nSPS) is 21.3. The molecule has 0 unspecified atom stereocenters. The maximum atomic E-state index is 13.0. The largest absolute Gasteiger partial charge is 0.509 e. The summed E-state index contributed by atoms with van der Waals surface area (Å²) in [4.78, 5) is 14.7. The molecular formula is C19H25N3O4S. The molecule has 2 aliphatic heterocycles. The molecule has 0 radical (unpaired) electrons. The van der Waals surface area contributed by atoms with Gasteiger partial charge < -0.3 is 15.3 Å². The van der Waals surface area contributed by atoms with Gasteiger partial charge in [0.1, 0.15) is 16.2 Å². The molecule has 1 atom stereocenters. The second-order valence-electron chi connectivity index (χ2n) is 7.19. The molecule has 1 aromatic carbocycles. The first-order valence-corrected chi connectivity index (χ1v) is 10.7. The van der Waals surface area contributed by atoms with E-state index in [0.29, 0.717) is 12.2 Å². The summed E-state index contributed by atoms with van der Waals surface area (Å²) in [5.74, 6) is -0.628. The standard InChI is InChI=1S/C19H25N3O4S/c1-4-5-8-11-22-16(12(2)3)17(23)15(19(22)24)18-20-13-9-6-7-10-14(13)27(25,26)21-18/h6-7,9-10,12,16,23H,4-5,8,11H2,1-3H3,(H,20,21)/t16-/m0/s1. The highest BCUT2D eigenvalue weighted by molar-refractivity contribution is 7.90. The van der Waals surface area contributed by atoms with Crippen LogP contribution >= 0.6 is 0 Å². The zero-order valence-corrected chi connectivity index (χ0v) is 16.6. The number of carbonyl (C=O) groups is 1. The van der Waals surface area contributed by atoms with Gasteiger partial charge in [0.2, 0.25) is 0 Å². The number of nitrogens with zero attached hydrogens (tertiary/aromatic N) is 2. The van der Waals surface area contributed by atoms with Crippen LogP contribution in [0, 0.1) is 5.92 Å². The van der Waals surface area contributed by atoms with Crippen molar-refractivity contribution in [3.05, 3.63) is 35.6 Å². The van der Waals surface area contributed by atoms with Crippen LogP contribution in [0.1, 0.15) is 40.0 Å². The van der Waals surface area contributed by atoms with Gasteiger partial charge in [0, 0.05) is 6.54 Å². The SMILES string of the molecule is CCCCCN1C(=O)C(C2=NS(=O)(=O)c3ccccc3N2)=C(O)[C@@H]1C(C)C. The molecule has 1 amide bonds. The number of anilines is 1. The molecule has 2 heterocycles. The number of para-hydroxylation sites is 1. The topological polar surface area (TPSA) is 99.1 Å². The minimum Gasteiger partial charge on any atom is -0.509 e. The number of hydrogen-bond donors (Lipinski definition) is 2. The summed E-state index contributed by atoms with van der Waals surface area (Å²) in [6.07, 6.45) is 2.82. The number of carbonyl (C=O) groups excluding carboxylic acids is 1. The number of unbranched alkanes of at least 4 members (excludes halogenated alkanes) is 2. The molecule has 2 aliphatic rings. The van der Waals surface area contributed by atoms with Crippen molar-refractivity contribution in [2.24, 2.45) is 10.3 Å². The lowest BCUT2D eigenvalue weighted by Gasteiger charge is -2.28. The Morgan fingerprint density at radius 3 is 2.63 bits per heavy atom. The molecule has 0 bridgehead atoms. The third kappa shape index (κ3) is 3.45. The van der Waals surface area contributed by atoms with Gasteiger partial charge >= 0.3 is 0 Å². The van der Waals surface area contributed by atoms with Crippen LogP contribution in [-0.4, -0.2) is 42.8 Å². The van der Waals surface area contributed by atoms with Crippen molar-refractivity contribution >= 4 is 27.5 Å². The lowest BCUT2D eigenvalue weighted by atomic mass is 10.0. The maximum Gasteiger partial charge on any atom is 0.286 e. The highest BCUT2D eigenvalue weighted by atomic mass is 32.2. The van der Waals surface area contributed by atoms with E-state index in [1.54, 1.807) is 23.1 Å². The summed E-state index contributed by atoms with van der Waals surface area (Å²) in [5, 5.41) is 13.7. The Morgan fingerprint density at radius 1 is 1.26 bits per heavy atom. The molecule has 0 aliphatic carbocycles. The predicted molar refractivity (Wildman–Crippen MR) is 104 cm³/mol. The van der Waals surface area contributed by atoms with Gasteiger partial charge in [0.05, 0.1) is 11.7 Å². The van der Waals surface area contributed by atoms with Crippen LogP contribution in [-0.2, 0) is 14.8 Å². The Morgan fingerprint density at radius 2 is 1.96 bits per heavy atom. The van der Waals surface area contributed by atoms with Crippen molar-refractivity contribution < 1.29 is 18.3 Å². The number of aliphatic hydroxyl groups excluding tert-OH is 1. The molecule has 7 nitrogen and oxygen atoms in total. The van der Waals surface area contributed by atoms with E-state index in [-0.39, 0.29) is 33.9 Å². The first kappa shape index (κ1) is 19.4. The average Bonchev–Trinajstić information content (AvgIpc) is 2.85. The Kier molecular flexibility index (Phi) is 5.28. The quantitative estimate of drug-likeness (QED) is 0.726. The van der Waals surface area contributed by atoms with Crippen molar-refractivity contribution in [1.82, 2.24) is 4.90 Å². The zero-order chi connectivity index (χ0) is 19.8. The van der Waals surface area contributed by atoms with Gasteiger partial charge in [0.25, 0.3) is 15.9 Å². The number of fused-ring (bicyclic) bond motifs is 1. The molecule has 0 saturated carbocycles. The summed E-state index contributed by atoms with van der Waals surface area (Å²) in [6, 6.07) is 5.89. The minimum absolute atomic E-state index is 0.0128. The number of nitrogens with one attached hydrogen (secondary N) is 1. The summed E-state index contributed by atoms with van der Waals surface area (Å²) >= 11 is 0. The number of benzene rings is 1. The molecule has 0 aromatic heterocycles. The predicted octanol–water partition coefficient (Wildman–Crippen LogP) is 3.07. The van der Waals surface area contributed by atoms with Crippen molar-refractivity contribution in [3.63, 3.8) is 0 Å². The summed E-state index contributed by atoms with van der Waals surface area (Å²) in [5.41, 5.74) is 0.296. The van der Waals surface area contributed by atoms with Crippen LogP contribution in [0.2, 0.25) is 0 Å². The second kappa shape index (κ2) is 7.34. The Labute approximate surface area is 159 Å². The molecule has 1 aromatic rings. The third-order valence-corrected chi connectivity index (χ3v) is 6.18. The van der Waals surface area contributed by atoms with E-state index in [0.717, 1.165) is 19.3 Å². The van der Waals surface area contributed by atoms with Gasteiger partial charge in [-0.3, -0.25) is 4.79 Å². The maximum absolute atomic E-state index is 13.0. The van der Waals surface area contributed by atoms with Crippen molar-refractivity contribution in [3.8, 4) is 0 Å². The molecule has 2 N–H and O–H groups in total. The van der Waals surface area contributed by atoms with Gasteiger partial charge in [-0.25, -0.2) is 0 Å². The van der Waals surface area contributed by atoms with Gasteiger partial charge in [-0.2, -0.15) is 8.42 Å². The van der Waals surface area contributed by atoms with Gasteiger partial charge in [0.15, 0.2) is 5.84 Å². The molecule has 8 heteroatoms. The number of sulfonamides is 1. The van der Waals surface area contributed by atoms with Crippen molar-refractivity contribution in [1.29, 1.82) is 0 Å². The smallest absolute Gasteiger partial charge is 0.286 e. The van der Waals surface area contributed by atoms with Crippen LogP contribution < -0.4 is 5.32 Å². The van der Waals surface area contributed by atoms with Crippen molar-refractivity contribution in [2.45, 2.75) is 51.0 Å². The van der Waals surface area contributed by atoms with E-state index >= 15 is 0 Å². The lowest BCUT2D eigenvalue weighted by molar-refractivity contribution is -0.127. The fourth-order valence-electron chi connectivity index (χ4n) is 3.57. The van der Waals surface area contributed by atoms with E-state index < -0.39 is 16.1 Å². The van der Waals surface area contributed by atoms with Crippen LogP contribution in [0.15, 0.2) is 44.9 Å². The second-order valence-corrected chi connectivity index (χ2v) is 8.76. The van der Waals surface area contributed by atoms with Gasteiger partial charge in [-0.1, -0.05) is 45.7 Å². The Balaban J connectivity index is 2.01. The molecule has 0 saturated heterocycles. The first-order chi connectivity index (χ1) is 12.8. The van der Waals surface area contributed by atoms with E-state index in [4.69, 9.17) is 0 Å². The molecule has 0 fully saturated rings. The average molecular weight is 391 g/mol. The monoisotopic (exact) mass is 391 g/mol. The summed E-state index contributed by atoms with van der Waals surface area (Å²) in [6.45, 7) is 6.44. The highest BCUT2D eigenvalue weighted by Crippen LogP contribution is 2.34. The third-order valence-electron chi connectivity index (χ3n) is 4.85. The number of hydrogen-bond acceptors (Lipinski definition) is 5. The van der Waals surface area contributed by atoms with E-state index in [9.17, 15) is 18.3 Å². The molecule has 0 spiro atoms. The Bertz CT molecular complexity index is 919.